The number of hydrogen-bond donors (Lipinski definition) is 1. The van der Waals surface area contributed by atoms with Crippen LogP contribution in [0.15, 0.2) is 0 Å². The number of likely N-dealkylation sites (N-methyl/N-ethyl adjacent to an activating group) is 2. The van der Waals surface area contributed by atoms with Crippen molar-refractivity contribution in [1.82, 2.24) is 10.2 Å². The second kappa shape index (κ2) is 4.91. The van der Waals surface area contributed by atoms with Crippen LogP contribution in [0, 0.1) is 0 Å². The van der Waals surface area contributed by atoms with Gasteiger partial charge in [-0.05, 0) is 7.05 Å². The number of likely N-dealkylation sites (tertiary alicyclic amines) is 1. The maximum absolute atomic E-state index is 12.0. The van der Waals surface area contributed by atoms with Gasteiger partial charge in [0.05, 0.1) is 6.04 Å². The van der Waals surface area contributed by atoms with Crippen LogP contribution < -0.4 is 5.32 Å². The van der Waals surface area contributed by atoms with Gasteiger partial charge in [0.25, 0.3) is 0 Å². The summed E-state index contributed by atoms with van der Waals surface area (Å²) in [4.78, 5) is 23.5. The maximum Gasteiger partial charge on any atom is 0.490 e. The highest BCUT2D eigenvalue weighted by Crippen LogP contribution is 2.23. The summed E-state index contributed by atoms with van der Waals surface area (Å²) in [5.74, 6) is -2.52. The van der Waals surface area contributed by atoms with Crippen LogP contribution in [0.25, 0.3) is 0 Å². The SMILES string of the molecule is CNC(=O)[C@@H]1C[C@@H](OC(=O)C(F)(F)F)CN1C. The molecular formula is C9H13F3N2O3. The van der Waals surface area contributed by atoms with Crippen LogP contribution in [0.2, 0.25) is 0 Å². The summed E-state index contributed by atoms with van der Waals surface area (Å²) in [6.45, 7) is 0.111. The van der Waals surface area contributed by atoms with Crippen LogP contribution in [-0.4, -0.2) is 55.7 Å². The molecule has 1 rings (SSSR count). The second-order valence-corrected chi connectivity index (χ2v) is 3.83. The Bertz CT molecular complexity index is 319. The van der Waals surface area contributed by atoms with Crippen LogP contribution in [-0.2, 0) is 14.3 Å². The van der Waals surface area contributed by atoms with Crippen molar-refractivity contribution in [1.29, 1.82) is 0 Å². The van der Waals surface area contributed by atoms with Crippen LogP contribution in [0.5, 0.6) is 0 Å². The summed E-state index contributed by atoms with van der Waals surface area (Å²) < 4.78 is 40.1. The van der Waals surface area contributed by atoms with Gasteiger partial charge in [0.15, 0.2) is 0 Å². The molecule has 0 saturated carbocycles. The first-order valence-electron chi connectivity index (χ1n) is 4.95. The predicted octanol–water partition coefficient (Wildman–Crippen LogP) is -0.0894. The summed E-state index contributed by atoms with van der Waals surface area (Å²) >= 11 is 0. The lowest BCUT2D eigenvalue weighted by molar-refractivity contribution is -0.204. The van der Waals surface area contributed by atoms with E-state index < -0.39 is 24.3 Å². The predicted molar refractivity (Wildman–Crippen MR) is 51.0 cm³/mol. The van der Waals surface area contributed by atoms with Crippen molar-refractivity contribution in [3.63, 3.8) is 0 Å². The normalized spacial score (nSPS) is 25.7. The number of amides is 1. The summed E-state index contributed by atoms with van der Waals surface area (Å²) in [5.41, 5.74) is 0. The summed E-state index contributed by atoms with van der Waals surface area (Å²) in [6.07, 6.45) is -5.83. The number of nitrogens with one attached hydrogen (secondary N) is 1. The second-order valence-electron chi connectivity index (χ2n) is 3.83. The van der Waals surface area contributed by atoms with Gasteiger partial charge in [0.1, 0.15) is 6.10 Å². The van der Waals surface area contributed by atoms with Crippen LogP contribution in [0.1, 0.15) is 6.42 Å². The number of rotatable bonds is 2. The molecule has 1 fully saturated rings. The van der Waals surface area contributed by atoms with Gasteiger partial charge in [-0.15, -0.1) is 0 Å². The Morgan fingerprint density at radius 2 is 2.00 bits per heavy atom. The van der Waals surface area contributed by atoms with E-state index in [1.54, 1.807) is 11.9 Å². The highest BCUT2D eigenvalue weighted by atomic mass is 19.4. The van der Waals surface area contributed by atoms with E-state index in [0.29, 0.717) is 0 Å². The van der Waals surface area contributed by atoms with E-state index >= 15 is 0 Å². The number of alkyl halides is 3. The Hall–Kier alpha value is -1.31. The Labute approximate surface area is 95.9 Å². The Morgan fingerprint density at radius 1 is 1.41 bits per heavy atom. The molecule has 0 aromatic heterocycles. The quantitative estimate of drug-likeness (QED) is 0.700. The molecule has 0 unspecified atom stereocenters. The van der Waals surface area contributed by atoms with Gasteiger partial charge in [0.2, 0.25) is 5.91 Å². The van der Waals surface area contributed by atoms with Gasteiger partial charge < -0.3 is 10.1 Å². The molecule has 1 heterocycles. The van der Waals surface area contributed by atoms with Crippen molar-refractivity contribution < 1.29 is 27.5 Å². The van der Waals surface area contributed by atoms with Crippen molar-refractivity contribution in [2.45, 2.75) is 24.7 Å². The molecule has 1 amide bonds. The van der Waals surface area contributed by atoms with Crippen molar-refractivity contribution in [3.05, 3.63) is 0 Å². The van der Waals surface area contributed by atoms with Crippen molar-refractivity contribution >= 4 is 11.9 Å². The summed E-state index contributed by atoms with van der Waals surface area (Å²) in [5, 5.41) is 2.40. The van der Waals surface area contributed by atoms with E-state index in [4.69, 9.17) is 0 Å². The Balaban J connectivity index is 2.55. The molecule has 5 nitrogen and oxygen atoms in total. The number of carbonyl (C=O) groups is 2. The topological polar surface area (TPSA) is 58.6 Å². The number of hydrogen-bond acceptors (Lipinski definition) is 4. The minimum atomic E-state index is -5.00. The Morgan fingerprint density at radius 3 is 2.47 bits per heavy atom. The molecular weight excluding hydrogens is 241 g/mol. The van der Waals surface area contributed by atoms with Crippen LogP contribution >= 0.6 is 0 Å². The maximum atomic E-state index is 12.0. The van der Waals surface area contributed by atoms with Gasteiger partial charge in [-0.1, -0.05) is 0 Å². The molecule has 1 N–H and O–H groups in total. The molecule has 1 aliphatic heterocycles. The first kappa shape index (κ1) is 13.8. The fraction of sp³-hybridized carbons (Fsp3) is 0.778. The zero-order valence-electron chi connectivity index (χ0n) is 9.37. The molecule has 1 aliphatic rings. The highest BCUT2D eigenvalue weighted by Gasteiger charge is 2.44. The van der Waals surface area contributed by atoms with Crippen LogP contribution in [0.3, 0.4) is 0 Å². The third-order valence-corrected chi connectivity index (χ3v) is 2.56. The average molecular weight is 254 g/mol. The zero-order chi connectivity index (χ0) is 13.2. The van der Waals surface area contributed by atoms with Gasteiger partial charge in [0, 0.05) is 20.0 Å². The molecule has 0 bridgehead atoms. The molecule has 8 heteroatoms. The first-order chi connectivity index (χ1) is 7.75. The van der Waals surface area contributed by atoms with Crippen LogP contribution in [0.4, 0.5) is 13.2 Å². The average Bonchev–Trinajstić information content (AvgIpc) is 2.57. The lowest BCUT2D eigenvalue weighted by atomic mass is 10.2. The van der Waals surface area contributed by atoms with E-state index in [1.165, 1.54) is 7.05 Å². The standard InChI is InChI=1S/C9H13F3N2O3/c1-13-7(15)6-3-5(4-14(6)2)17-8(16)9(10,11)12/h5-6H,3-4H2,1-2H3,(H,13,15)/t5-,6+/m1/s1. The van der Waals surface area contributed by atoms with Gasteiger partial charge in [-0.2, -0.15) is 13.2 Å². The molecule has 0 aromatic rings. The van der Waals surface area contributed by atoms with E-state index in [2.05, 4.69) is 10.1 Å². The summed E-state index contributed by atoms with van der Waals surface area (Å²) in [6, 6.07) is -0.564. The number of ether oxygens (including phenoxy) is 1. The molecule has 0 spiro atoms. The first-order valence-corrected chi connectivity index (χ1v) is 4.95. The lowest BCUT2D eigenvalue weighted by Crippen LogP contribution is -2.39. The molecule has 1 saturated heterocycles. The molecule has 98 valence electrons. The third-order valence-electron chi connectivity index (χ3n) is 2.56. The van der Waals surface area contributed by atoms with Crippen molar-refractivity contribution in [2.24, 2.45) is 0 Å². The smallest absolute Gasteiger partial charge is 0.454 e. The van der Waals surface area contributed by atoms with E-state index in [1.807, 2.05) is 0 Å². The fourth-order valence-corrected chi connectivity index (χ4v) is 1.73. The third kappa shape index (κ3) is 3.32. The highest BCUT2D eigenvalue weighted by molar-refractivity contribution is 5.82. The zero-order valence-corrected chi connectivity index (χ0v) is 9.37. The monoisotopic (exact) mass is 254 g/mol. The molecule has 0 aromatic carbocycles. The molecule has 2 atom stereocenters. The van der Waals surface area contributed by atoms with E-state index in [-0.39, 0.29) is 18.9 Å². The number of nitrogens with zero attached hydrogens (tertiary/aromatic N) is 1. The molecule has 17 heavy (non-hydrogen) atoms. The van der Waals surface area contributed by atoms with Gasteiger partial charge in [-0.3, -0.25) is 9.69 Å². The van der Waals surface area contributed by atoms with Gasteiger partial charge >= 0.3 is 12.1 Å². The number of carbonyl (C=O) groups excluding carboxylic acids is 2. The largest absolute Gasteiger partial charge is 0.490 e. The van der Waals surface area contributed by atoms with Crippen molar-refractivity contribution in [3.8, 4) is 0 Å². The minimum Gasteiger partial charge on any atom is -0.454 e. The fourth-order valence-electron chi connectivity index (χ4n) is 1.73. The van der Waals surface area contributed by atoms with E-state index in [9.17, 15) is 22.8 Å². The van der Waals surface area contributed by atoms with Crippen molar-refractivity contribution in [2.75, 3.05) is 20.6 Å². The molecule has 0 radical (unpaired) electrons. The molecule has 0 aliphatic carbocycles. The summed E-state index contributed by atoms with van der Waals surface area (Å²) in [7, 11) is 3.02. The Kier molecular flexibility index (Phi) is 3.97. The minimum absolute atomic E-state index is 0.0675. The van der Waals surface area contributed by atoms with Gasteiger partial charge in [-0.25, -0.2) is 4.79 Å². The number of halogens is 3. The number of esters is 1. The lowest BCUT2D eigenvalue weighted by Gasteiger charge is -2.16. The van der Waals surface area contributed by atoms with E-state index in [0.717, 1.165) is 0 Å².